The summed E-state index contributed by atoms with van der Waals surface area (Å²) in [6, 6.07) is 1.73. The van der Waals surface area contributed by atoms with E-state index in [4.69, 9.17) is 11.6 Å². The number of hydrogen-bond acceptors (Lipinski definition) is 3. The second-order valence-electron chi connectivity index (χ2n) is 5.37. The van der Waals surface area contributed by atoms with Gasteiger partial charge in [-0.15, -0.1) is 22.9 Å². The van der Waals surface area contributed by atoms with Gasteiger partial charge in [0.1, 0.15) is 0 Å². The van der Waals surface area contributed by atoms with Crippen molar-refractivity contribution in [1.29, 1.82) is 0 Å². The molecule has 1 aliphatic rings. The Labute approximate surface area is 124 Å². The quantitative estimate of drug-likeness (QED) is 0.799. The van der Waals surface area contributed by atoms with Crippen LogP contribution in [0.3, 0.4) is 0 Å². The lowest BCUT2D eigenvalue weighted by molar-refractivity contribution is 0.212. The van der Waals surface area contributed by atoms with Crippen molar-refractivity contribution in [2.75, 3.05) is 13.1 Å². The van der Waals surface area contributed by atoms with E-state index in [1.54, 1.807) is 10.4 Å². The topological polar surface area (TPSA) is 37.4 Å². The van der Waals surface area contributed by atoms with Gasteiger partial charge in [-0.25, -0.2) is 8.42 Å². The van der Waals surface area contributed by atoms with Crippen LogP contribution in [0.1, 0.15) is 30.0 Å². The molecule has 6 heteroatoms. The molecule has 2 unspecified atom stereocenters. The lowest BCUT2D eigenvalue weighted by Gasteiger charge is -2.34. The van der Waals surface area contributed by atoms with Gasteiger partial charge in [0.2, 0.25) is 10.0 Å². The Morgan fingerprint density at radius 1 is 1.42 bits per heavy atom. The summed E-state index contributed by atoms with van der Waals surface area (Å²) in [6.07, 6.45) is 0.936. The van der Waals surface area contributed by atoms with Crippen LogP contribution in [-0.2, 0) is 15.9 Å². The zero-order chi connectivity index (χ0) is 14.2. The summed E-state index contributed by atoms with van der Waals surface area (Å²) in [4.78, 5) is 2.19. The number of nitrogens with zero attached hydrogens (tertiary/aromatic N) is 1. The molecular weight excluding hydrogens is 302 g/mol. The van der Waals surface area contributed by atoms with Crippen molar-refractivity contribution in [3.8, 4) is 0 Å². The summed E-state index contributed by atoms with van der Waals surface area (Å²) in [7, 11) is -3.35. The van der Waals surface area contributed by atoms with Crippen molar-refractivity contribution in [3.63, 3.8) is 0 Å². The molecule has 0 saturated carbocycles. The van der Waals surface area contributed by atoms with Crippen LogP contribution >= 0.6 is 22.9 Å². The molecule has 0 radical (unpaired) electrons. The monoisotopic (exact) mass is 321 g/mol. The molecule has 2 atom stereocenters. The number of thiophene rings is 1. The van der Waals surface area contributed by atoms with Crippen molar-refractivity contribution < 1.29 is 8.42 Å². The third kappa shape index (κ3) is 2.99. The van der Waals surface area contributed by atoms with E-state index in [0.717, 1.165) is 16.2 Å². The predicted octanol–water partition coefficient (Wildman–Crippen LogP) is 3.46. The molecule has 0 spiro atoms. The summed E-state index contributed by atoms with van der Waals surface area (Å²) >= 11 is 7.26. The Hall–Kier alpha value is -0.100. The van der Waals surface area contributed by atoms with Crippen LogP contribution in [0, 0.1) is 18.8 Å². The molecule has 1 saturated heterocycles. The Bertz CT molecular complexity index is 553. The van der Waals surface area contributed by atoms with E-state index in [1.807, 2.05) is 6.92 Å². The van der Waals surface area contributed by atoms with Gasteiger partial charge in [0.15, 0.2) is 0 Å². The molecule has 0 bridgehead atoms. The molecule has 0 N–H and O–H groups in total. The molecular formula is C13H20ClNO2S2. The van der Waals surface area contributed by atoms with Gasteiger partial charge in [0.25, 0.3) is 0 Å². The largest absolute Gasteiger partial charge is 0.244 e. The fraction of sp³-hybridized carbons (Fsp3) is 0.692. The minimum Gasteiger partial charge on any atom is -0.207 e. The molecule has 1 aromatic heterocycles. The smallest absolute Gasteiger partial charge is 0.207 e. The lowest BCUT2D eigenvalue weighted by Crippen LogP contribution is -2.42. The molecule has 1 aliphatic heterocycles. The van der Waals surface area contributed by atoms with Crippen molar-refractivity contribution >= 4 is 33.0 Å². The van der Waals surface area contributed by atoms with Gasteiger partial charge in [0.05, 0.1) is 10.8 Å². The SMILES string of the molecule is Cc1sc(CCl)cc1S(=O)(=O)N1CCC(C)C(C)C1. The first kappa shape index (κ1) is 15.3. The first-order chi connectivity index (χ1) is 8.86. The van der Waals surface area contributed by atoms with Crippen LogP contribution in [0.25, 0.3) is 0 Å². The third-order valence-corrected chi connectivity index (χ3v) is 7.59. The fourth-order valence-corrected chi connectivity index (χ4v) is 5.68. The standard InChI is InChI=1S/C13H20ClNO2S2/c1-9-4-5-15(8-10(9)2)19(16,17)13-6-12(7-14)18-11(13)3/h6,9-10H,4-5,7-8H2,1-3H3. The zero-order valence-electron chi connectivity index (χ0n) is 11.5. The predicted molar refractivity (Wildman–Crippen MR) is 80.3 cm³/mol. The number of alkyl halides is 1. The first-order valence-electron chi connectivity index (χ1n) is 6.51. The number of rotatable bonds is 3. The van der Waals surface area contributed by atoms with E-state index < -0.39 is 10.0 Å². The second-order valence-corrected chi connectivity index (χ2v) is 8.89. The average molecular weight is 322 g/mol. The molecule has 3 nitrogen and oxygen atoms in total. The molecule has 108 valence electrons. The number of hydrogen-bond donors (Lipinski definition) is 0. The first-order valence-corrected chi connectivity index (χ1v) is 9.30. The van der Waals surface area contributed by atoms with E-state index in [9.17, 15) is 8.42 Å². The van der Waals surface area contributed by atoms with Gasteiger partial charge in [0, 0.05) is 22.8 Å². The lowest BCUT2D eigenvalue weighted by atomic mass is 9.90. The molecule has 19 heavy (non-hydrogen) atoms. The zero-order valence-corrected chi connectivity index (χ0v) is 13.9. The minimum atomic E-state index is -3.35. The van der Waals surface area contributed by atoms with Crippen LogP contribution in [0.5, 0.6) is 0 Å². The van der Waals surface area contributed by atoms with Gasteiger partial charge in [-0.2, -0.15) is 4.31 Å². The highest BCUT2D eigenvalue weighted by molar-refractivity contribution is 7.89. The van der Waals surface area contributed by atoms with Crippen molar-refractivity contribution in [1.82, 2.24) is 4.31 Å². The van der Waals surface area contributed by atoms with Crippen molar-refractivity contribution in [3.05, 3.63) is 15.8 Å². The number of piperidine rings is 1. The molecule has 1 fully saturated rings. The van der Waals surface area contributed by atoms with Crippen LogP contribution in [0.2, 0.25) is 0 Å². The van der Waals surface area contributed by atoms with Crippen molar-refractivity contribution in [2.24, 2.45) is 11.8 Å². The van der Waals surface area contributed by atoms with E-state index in [1.165, 1.54) is 11.3 Å². The number of sulfonamides is 1. The van der Waals surface area contributed by atoms with Gasteiger partial charge >= 0.3 is 0 Å². The van der Waals surface area contributed by atoms with Gasteiger partial charge in [-0.05, 0) is 31.2 Å². The summed E-state index contributed by atoms with van der Waals surface area (Å²) in [5, 5.41) is 0. The maximum atomic E-state index is 12.7. The summed E-state index contributed by atoms with van der Waals surface area (Å²) in [5.41, 5.74) is 0. The Kier molecular flexibility index (Phi) is 4.60. The van der Waals surface area contributed by atoms with Crippen LogP contribution < -0.4 is 0 Å². The summed E-state index contributed by atoms with van der Waals surface area (Å²) in [6.45, 7) is 7.41. The molecule has 0 aromatic carbocycles. The Morgan fingerprint density at radius 3 is 2.63 bits per heavy atom. The highest BCUT2D eigenvalue weighted by atomic mass is 35.5. The highest BCUT2D eigenvalue weighted by Crippen LogP contribution is 2.32. The van der Waals surface area contributed by atoms with E-state index in [0.29, 0.717) is 35.7 Å². The molecule has 2 heterocycles. The van der Waals surface area contributed by atoms with Gasteiger partial charge in [-0.1, -0.05) is 13.8 Å². The second kappa shape index (κ2) is 5.72. The maximum absolute atomic E-state index is 12.7. The summed E-state index contributed by atoms with van der Waals surface area (Å²) < 4.78 is 27.0. The fourth-order valence-electron chi connectivity index (χ4n) is 2.43. The minimum absolute atomic E-state index is 0.370. The van der Waals surface area contributed by atoms with Crippen LogP contribution in [0.4, 0.5) is 0 Å². The highest BCUT2D eigenvalue weighted by Gasteiger charge is 2.33. The van der Waals surface area contributed by atoms with E-state index in [-0.39, 0.29) is 0 Å². The van der Waals surface area contributed by atoms with Gasteiger partial charge < -0.3 is 0 Å². The normalized spacial score (nSPS) is 25.7. The maximum Gasteiger partial charge on any atom is 0.244 e. The van der Waals surface area contributed by atoms with Gasteiger partial charge in [-0.3, -0.25) is 0 Å². The Balaban J connectivity index is 2.29. The average Bonchev–Trinajstić information content (AvgIpc) is 2.74. The number of aryl methyl sites for hydroxylation is 1. The van der Waals surface area contributed by atoms with Crippen molar-refractivity contribution in [2.45, 2.75) is 38.0 Å². The third-order valence-electron chi connectivity index (χ3n) is 3.97. The van der Waals surface area contributed by atoms with E-state index >= 15 is 0 Å². The molecule has 1 aromatic rings. The van der Waals surface area contributed by atoms with Crippen LogP contribution in [-0.4, -0.2) is 25.8 Å². The molecule has 0 aliphatic carbocycles. The number of halogens is 1. The molecule has 0 amide bonds. The summed E-state index contributed by atoms with van der Waals surface area (Å²) in [5.74, 6) is 1.37. The van der Waals surface area contributed by atoms with E-state index in [2.05, 4.69) is 13.8 Å². The molecule has 2 rings (SSSR count). The van der Waals surface area contributed by atoms with Crippen LogP contribution in [0.15, 0.2) is 11.0 Å². The Morgan fingerprint density at radius 2 is 2.11 bits per heavy atom.